The van der Waals surface area contributed by atoms with Crippen molar-refractivity contribution in [3.05, 3.63) is 140 Å². The van der Waals surface area contributed by atoms with Crippen molar-refractivity contribution in [1.29, 1.82) is 0 Å². The fraction of sp³-hybridized carbons (Fsp3) is 0.0588. The van der Waals surface area contributed by atoms with Gasteiger partial charge in [-0.2, -0.15) is 0 Å². The van der Waals surface area contributed by atoms with E-state index in [2.05, 4.69) is 158 Å². The summed E-state index contributed by atoms with van der Waals surface area (Å²) in [4.78, 5) is 0. The molecule has 6 aromatic carbocycles. The van der Waals surface area contributed by atoms with E-state index < -0.39 is 7.41 Å². The molecule has 36 heavy (non-hydrogen) atoms. The SMILES string of the molecule is CN(C)[PH](c1ccccc1)(c1ccccc1)c1ccc2ccccc2c1-c1cccc2ccccc12. The average molecular weight is 484 g/mol. The fourth-order valence-corrected chi connectivity index (χ4v) is 10.7. The second-order valence-electron chi connectivity index (χ2n) is 9.57. The second-order valence-corrected chi connectivity index (χ2v) is 13.6. The second kappa shape index (κ2) is 9.36. The van der Waals surface area contributed by atoms with Crippen LogP contribution in [0.2, 0.25) is 0 Å². The van der Waals surface area contributed by atoms with Crippen molar-refractivity contribution in [3.63, 3.8) is 0 Å². The van der Waals surface area contributed by atoms with Gasteiger partial charge in [0.2, 0.25) is 0 Å². The molecule has 6 aromatic rings. The molecule has 0 saturated heterocycles. The molecule has 0 bridgehead atoms. The Morgan fingerprint density at radius 2 is 0.944 bits per heavy atom. The van der Waals surface area contributed by atoms with E-state index in [0.717, 1.165) is 0 Å². The van der Waals surface area contributed by atoms with Crippen LogP contribution in [0.1, 0.15) is 0 Å². The van der Waals surface area contributed by atoms with E-state index in [0.29, 0.717) is 0 Å². The summed E-state index contributed by atoms with van der Waals surface area (Å²) >= 11 is 0. The summed E-state index contributed by atoms with van der Waals surface area (Å²) in [5.74, 6) is 0. The van der Waals surface area contributed by atoms with Crippen molar-refractivity contribution in [3.8, 4) is 11.1 Å². The quantitative estimate of drug-likeness (QED) is 0.235. The molecular formula is C34H30NP. The third-order valence-corrected chi connectivity index (χ3v) is 12.3. The summed E-state index contributed by atoms with van der Waals surface area (Å²) in [6.07, 6.45) is 0. The Morgan fingerprint density at radius 1 is 0.444 bits per heavy atom. The van der Waals surface area contributed by atoms with Crippen LogP contribution in [0.4, 0.5) is 0 Å². The first kappa shape index (κ1) is 22.7. The van der Waals surface area contributed by atoms with Crippen LogP contribution >= 0.6 is 7.41 Å². The molecule has 2 heteroatoms. The molecular weight excluding hydrogens is 453 g/mol. The molecule has 0 spiro atoms. The molecule has 176 valence electrons. The van der Waals surface area contributed by atoms with E-state index in [4.69, 9.17) is 0 Å². The number of fused-ring (bicyclic) bond motifs is 2. The molecule has 6 rings (SSSR count). The Morgan fingerprint density at radius 3 is 1.56 bits per heavy atom. The summed E-state index contributed by atoms with van der Waals surface area (Å²) < 4.78 is 2.51. The van der Waals surface area contributed by atoms with Crippen LogP contribution in [0, 0.1) is 0 Å². The Bertz CT molecular complexity index is 1610. The van der Waals surface area contributed by atoms with Gasteiger partial charge in [0.1, 0.15) is 0 Å². The first-order valence-electron chi connectivity index (χ1n) is 12.5. The van der Waals surface area contributed by atoms with Crippen LogP contribution in [-0.4, -0.2) is 18.8 Å². The van der Waals surface area contributed by atoms with Crippen LogP contribution in [-0.2, 0) is 0 Å². The van der Waals surface area contributed by atoms with Gasteiger partial charge in [0.25, 0.3) is 0 Å². The third-order valence-electron chi connectivity index (χ3n) is 7.43. The number of benzene rings is 6. The van der Waals surface area contributed by atoms with Gasteiger partial charge >= 0.3 is 214 Å². The van der Waals surface area contributed by atoms with E-state index in [1.54, 1.807) is 0 Å². The number of nitrogens with zero attached hydrogens (tertiary/aromatic N) is 1. The van der Waals surface area contributed by atoms with E-state index >= 15 is 0 Å². The van der Waals surface area contributed by atoms with Crippen LogP contribution in [0.5, 0.6) is 0 Å². The monoisotopic (exact) mass is 483 g/mol. The van der Waals surface area contributed by atoms with E-state index in [1.165, 1.54) is 48.6 Å². The molecule has 0 aliphatic carbocycles. The molecule has 0 unspecified atom stereocenters. The van der Waals surface area contributed by atoms with Gasteiger partial charge in [-0.1, -0.05) is 0 Å². The molecule has 0 aromatic heterocycles. The fourth-order valence-electron chi connectivity index (χ4n) is 5.90. The molecule has 0 amide bonds. The van der Waals surface area contributed by atoms with Gasteiger partial charge in [0.15, 0.2) is 0 Å². The summed E-state index contributed by atoms with van der Waals surface area (Å²) in [5.41, 5.74) is 2.64. The predicted molar refractivity (Wildman–Crippen MR) is 161 cm³/mol. The van der Waals surface area contributed by atoms with E-state index in [1.807, 2.05) is 0 Å². The van der Waals surface area contributed by atoms with Crippen molar-refractivity contribution in [2.45, 2.75) is 0 Å². The maximum atomic E-state index is 2.51. The number of hydrogen-bond acceptors (Lipinski definition) is 1. The Kier molecular flexibility index (Phi) is 5.89. The number of hydrogen-bond donors (Lipinski definition) is 0. The molecule has 0 aliphatic rings. The standard InChI is InChI=1S/C34H30NP/c1-35(2)36(28-17-5-3-6-18-28,29-19-7-4-8-20-29)33-25-24-27-15-10-12-22-31(27)34(33)32-23-13-16-26-14-9-11-21-30(26)32/h3-25,36H,1-2H3. The zero-order valence-electron chi connectivity index (χ0n) is 20.7. The molecule has 0 heterocycles. The molecule has 0 N–H and O–H groups in total. The third kappa shape index (κ3) is 3.56. The molecule has 1 nitrogen and oxygen atoms in total. The molecule has 0 radical (unpaired) electrons. The van der Waals surface area contributed by atoms with Crippen molar-refractivity contribution >= 4 is 44.9 Å². The Labute approximate surface area is 214 Å². The van der Waals surface area contributed by atoms with Gasteiger partial charge in [-0.15, -0.1) is 0 Å². The summed E-state index contributed by atoms with van der Waals surface area (Å²) in [6.45, 7) is 0. The normalized spacial score (nSPS) is 12.3. The minimum atomic E-state index is -2.60. The molecule has 0 fully saturated rings. The minimum absolute atomic E-state index is 1.27. The maximum absolute atomic E-state index is 2.60. The predicted octanol–water partition coefficient (Wildman–Crippen LogP) is 7.16. The van der Waals surface area contributed by atoms with Gasteiger partial charge in [-0.3, -0.25) is 0 Å². The topological polar surface area (TPSA) is 3.24 Å². The van der Waals surface area contributed by atoms with Gasteiger partial charge in [0, 0.05) is 0 Å². The Balaban J connectivity index is 1.83. The van der Waals surface area contributed by atoms with Gasteiger partial charge in [-0.05, 0) is 0 Å². The van der Waals surface area contributed by atoms with E-state index in [9.17, 15) is 0 Å². The van der Waals surface area contributed by atoms with Crippen LogP contribution in [0.15, 0.2) is 140 Å². The van der Waals surface area contributed by atoms with Crippen molar-refractivity contribution in [2.24, 2.45) is 0 Å². The van der Waals surface area contributed by atoms with Crippen LogP contribution in [0.3, 0.4) is 0 Å². The van der Waals surface area contributed by atoms with Crippen molar-refractivity contribution < 1.29 is 0 Å². The summed E-state index contributed by atoms with van der Waals surface area (Å²) in [7, 11) is 1.92. The van der Waals surface area contributed by atoms with Gasteiger partial charge in [0.05, 0.1) is 0 Å². The van der Waals surface area contributed by atoms with Crippen LogP contribution in [0.25, 0.3) is 32.7 Å². The molecule has 0 saturated carbocycles. The molecule has 0 aliphatic heterocycles. The average Bonchev–Trinajstić information content (AvgIpc) is 2.94. The zero-order chi connectivity index (χ0) is 24.5. The number of rotatable bonds is 5. The summed E-state index contributed by atoms with van der Waals surface area (Å²) in [5, 5.41) is 9.32. The van der Waals surface area contributed by atoms with Crippen molar-refractivity contribution in [1.82, 2.24) is 4.67 Å². The first-order valence-corrected chi connectivity index (χ1v) is 14.4. The van der Waals surface area contributed by atoms with E-state index in [-0.39, 0.29) is 0 Å². The Hall–Kier alpha value is -3.77. The zero-order valence-corrected chi connectivity index (χ0v) is 21.7. The van der Waals surface area contributed by atoms with Gasteiger partial charge < -0.3 is 0 Å². The molecule has 0 atom stereocenters. The van der Waals surface area contributed by atoms with Crippen molar-refractivity contribution in [2.75, 3.05) is 14.1 Å². The van der Waals surface area contributed by atoms with Crippen LogP contribution < -0.4 is 15.9 Å². The summed E-state index contributed by atoms with van der Waals surface area (Å²) in [6, 6.07) is 51.3. The van der Waals surface area contributed by atoms with Gasteiger partial charge in [-0.25, -0.2) is 0 Å². The first-order chi connectivity index (χ1) is 17.7.